The Kier molecular flexibility index (Phi) is 3.56. The molecule has 1 atom stereocenters. The zero-order valence-corrected chi connectivity index (χ0v) is 11.8. The van der Waals surface area contributed by atoms with Crippen LogP contribution < -0.4 is 5.32 Å². The van der Waals surface area contributed by atoms with Gasteiger partial charge in [0.05, 0.1) is 17.0 Å². The molecule has 1 unspecified atom stereocenters. The van der Waals surface area contributed by atoms with Crippen LogP contribution in [0.15, 0.2) is 5.38 Å². The summed E-state index contributed by atoms with van der Waals surface area (Å²) >= 11 is 1.56. The summed E-state index contributed by atoms with van der Waals surface area (Å²) < 4.78 is 23.7. The lowest BCUT2D eigenvalue weighted by atomic mass is 9.96. The van der Waals surface area contributed by atoms with E-state index in [1.165, 1.54) is 0 Å². The van der Waals surface area contributed by atoms with Gasteiger partial charge in [-0.25, -0.2) is 13.4 Å². The fourth-order valence-electron chi connectivity index (χ4n) is 2.41. The maximum Gasteiger partial charge on any atom is 0.152 e. The van der Waals surface area contributed by atoms with Crippen molar-refractivity contribution < 1.29 is 8.42 Å². The van der Waals surface area contributed by atoms with Gasteiger partial charge in [0.15, 0.2) is 9.84 Å². The Morgan fingerprint density at radius 1 is 1.59 bits per heavy atom. The van der Waals surface area contributed by atoms with Crippen molar-refractivity contribution in [3.63, 3.8) is 0 Å². The number of aromatic nitrogens is 1. The van der Waals surface area contributed by atoms with Crippen LogP contribution in [0.25, 0.3) is 0 Å². The van der Waals surface area contributed by atoms with Gasteiger partial charge in [-0.05, 0) is 26.3 Å². The van der Waals surface area contributed by atoms with Gasteiger partial charge in [0, 0.05) is 11.1 Å². The highest BCUT2D eigenvalue weighted by Crippen LogP contribution is 2.34. The number of sulfone groups is 1. The molecule has 4 nitrogen and oxygen atoms in total. The summed E-state index contributed by atoms with van der Waals surface area (Å²) in [6, 6.07) is 0. The number of thiazole rings is 1. The summed E-state index contributed by atoms with van der Waals surface area (Å²) in [6.45, 7) is 4.70. The average Bonchev–Trinajstić information content (AvgIpc) is 2.64. The predicted octanol–water partition coefficient (Wildman–Crippen LogP) is 1.46. The molecule has 1 aliphatic rings. The molecule has 1 N–H and O–H groups in total. The van der Waals surface area contributed by atoms with Gasteiger partial charge < -0.3 is 5.32 Å². The Bertz CT molecular complexity index is 491. The summed E-state index contributed by atoms with van der Waals surface area (Å²) in [6.07, 6.45) is 1.57. The van der Waals surface area contributed by atoms with Crippen molar-refractivity contribution in [3.05, 3.63) is 16.1 Å². The highest BCUT2D eigenvalue weighted by molar-refractivity contribution is 7.91. The topological polar surface area (TPSA) is 59.1 Å². The third-order valence-electron chi connectivity index (χ3n) is 3.07. The molecule has 0 aliphatic carbocycles. The van der Waals surface area contributed by atoms with Gasteiger partial charge in [-0.1, -0.05) is 6.92 Å². The predicted molar refractivity (Wildman–Crippen MR) is 70.1 cm³/mol. The lowest BCUT2D eigenvalue weighted by Crippen LogP contribution is -2.50. The van der Waals surface area contributed by atoms with Crippen LogP contribution in [0, 0.1) is 6.92 Å². The van der Waals surface area contributed by atoms with Crippen LogP contribution in [0.3, 0.4) is 0 Å². The number of hydrogen-bond acceptors (Lipinski definition) is 5. The summed E-state index contributed by atoms with van der Waals surface area (Å²) in [5, 5.41) is 6.25. The van der Waals surface area contributed by atoms with Crippen molar-refractivity contribution in [2.24, 2.45) is 0 Å². The maximum absolute atomic E-state index is 11.9. The van der Waals surface area contributed by atoms with Crippen LogP contribution in [0.4, 0.5) is 0 Å². The van der Waals surface area contributed by atoms with Gasteiger partial charge >= 0.3 is 0 Å². The normalized spacial score (nSPS) is 28.1. The lowest BCUT2D eigenvalue weighted by Gasteiger charge is -2.35. The number of rotatable bonds is 3. The van der Waals surface area contributed by atoms with Crippen molar-refractivity contribution in [2.75, 3.05) is 18.1 Å². The smallest absolute Gasteiger partial charge is 0.152 e. The zero-order chi connectivity index (χ0) is 12.5. The Morgan fingerprint density at radius 3 is 2.88 bits per heavy atom. The quantitative estimate of drug-likeness (QED) is 0.906. The molecule has 0 amide bonds. The minimum Gasteiger partial charge on any atom is -0.305 e. The van der Waals surface area contributed by atoms with Crippen molar-refractivity contribution in [3.8, 4) is 0 Å². The molecule has 1 aliphatic heterocycles. The molecule has 0 bridgehead atoms. The third-order valence-corrected chi connectivity index (χ3v) is 6.08. The number of aryl methyl sites for hydroxylation is 1. The molecule has 0 radical (unpaired) electrons. The summed E-state index contributed by atoms with van der Waals surface area (Å²) in [4.78, 5) is 4.48. The number of hydrogen-bond donors (Lipinski definition) is 1. The van der Waals surface area contributed by atoms with Crippen molar-refractivity contribution in [1.29, 1.82) is 0 Å². The number of nitrogens with one attached hydrogen (secondary N) is 1. The fraction of sp³-hybridized carbons (Fsp3) is 0.727. The van der Waals surface area contributed by atoms with Gasteiger partial charge in [0.1, 0.15) is 5.01 Å². The first-order valence-electron chi connectivity index (χ1n) is 5.85. The van der Waals surface area contributed by atoms with Gasteiger partial charge in [0.2, 0.25) is 0 Å². The molecule has 17 heavy (non-hydrogen) atoms. The first-order chi connectivity index (χ1) is 7.97. The molecule has 0 aromatic carbocycles. The summed E-state index contributed by atoms with van der Waals surface area (Å²) in [7, 11) is -2.95. The van der Waals surface area contributed by atoms with Crippen LogP contribution in [0.2, 0.25) is 0 Å². The standard InChI is InChI=1S/C11H18N2O2S2/c1-3-12-11(10-13-9(2)7-16-10)5-4-6-17(14,15)8-11/h7,12H,3-6,8H2,1-2H3. The van der Waals surface area contributed by atoms with Gasteiger partial charge in [-0.3, -0.25) is 0 Å². The van der Waals surface area contributed by atoms with Gasteiger partial charge in [-0.2, -0.15) is 0 Å². The lowest BCUT2D eigenvalue weighted by molar-refractivity contribution is 0.333. The molecule has 1 saturated heterocycles. The molecule has 1 fully saturated rings. The monoisotopic (exact) mass is 274 g/mol. The van der Waals surface area contributed by atoms with E-state index in [0.717, 1.165) is 23.7 Å². The molecule has 1 aromatic heterocycles. The van der Waals surface area contributed by atoms with Crippen LogP contribution in [-0.4, -0.2) is 31.5 Å². The Labute approximate surface area is 106 Å². The number of nitrogens with zero attached hydrogens (tertiary/aromatic N) is 1. The van der Waals surface area contributed by atoms with Gasteiger partial charge in [-0.15, -0.1) is 11.3 Å². The Hall–Kier alpha value is -0.460. The first-order valence-corrected chi connectivity index (χ1v) is 8.56. The molecule has 96 valence electrons. The molecule has 0 saturated carbocycles. The molecule has 2 rings (SSSR count). The summed E-state index contributed by atoms with van der Waals surface area (Å²) in [5.41, 5.74) is 0.510. The van der Waals surface area contributed by atoms with E-state index in [2.05, 4.69) is 10.3 Å². The second-order valence-electron chi connectivity index (χ2n) is 4.60. The average molecular weight is 274 g/mol. The van der Waals surface area contributed by atoms with Crippen molar-refractivity contribution >= 4 is 21.2 Å². The largest absolute Gasteiger partial charge is 0.305 e. The minimum atomic E-state index is -2.95. The Morgan fingerprint density at radius 2 is 2.35 bits per heavy atom. The van der Waals surface area contributed by atoms with Gasteiger partial charge in [0.25, 0.3) is 0 Å². The molecule has 6 heteroatoms. The highest BCUT2D eigenvalue weighted by atomic mass is 32.2. The molecule has 1 aromatic rings. The minimum absolute atomic E-state index is 0.181. The van der Waals surface area contributed by atoms with Crippen LogP contribution in [-0.2, 0) is 15.4 Å². The van der Waals surface area contributed by atoms with E-state index in [-0.39, 0.29) is 5.75 Å². The van der Waals surface area contributed by atoms with E-state index in [4.69, 9.17) is 0 Å². The van der Waals surface area contributed by atoms with Crippen LogP contribution in [0.5, 0.6) is 0 Å². The fourth-order valence-corrected chi connectivity index (χ4v) is 5.37. The van der Waals surface area contributed by atoms with Crippen LogP contribution in [0.1, 0.15) is 30.5 Å². The SMILES string of the molecule is CCNC1(c2nc(C)cs2)CCCS(=O)(=O)C1. The highest BCUT2D eigenvalue weighted by Gasteiger charge is 2.41. The molecule has 2 heterocycles. The van der Waals surface area contributed by atoms with Crippen molar-refractivity contribution in [2.45, 2.75) is 32.2 Å². The van der Waals surface area contributed by atoms with E-state index in [9.17, 15) is 8.42 Å². The summed E-state index contributed by atoms with van der Waals surface area (Å²) in [5.74, 6) is 0.491. The molecule has 0 spiro atoms. The maximum atomic E-state index is 11.9. The van der Waals surface area contributed by atoms with Crippen molar-refractivity contribution in [1.82, 2.24) is 10.3 Å². The third kappa shape index (κ3) is 2.69. The molecular formula is C11H18N2O2S2. The van der Waals surface area contributed by atoms with E-state index in [1.54, 1.807) is 11.3 Å². The van der Waals surface area contributed by atoms with Crippen LogP contribution >= 0.6 is 11.3 Å². The van der Waals surface area contributed by atoms with E-state index in [0.29, 0.717) is 12.2 Å². The van der Waals surface area contributed by atoms with E-state index >= 15 is 0 Å². The van der Waals surface area contributed by atoms with E-state index in [1.807, 2.05) is 19.2 Å². The Balaban J connectivity index is 2.38. The molecular weight excluding hydrogens is 256 g/mol. The van der Waals surface area contributed by atoms with E-state index < -0.39 is 15.4 Å². The second kappa shape index (κ2) is 4.66. The zero-order valence-electron chi connectivity index (χ0n) is 10.2. The first kappa shape index (κ1) is 13.0. The second-order valence-corrected chi connectivity index (χ2v) is 7.64.